The van der Waals surface area contributed by atoms with Crippen LogP contribution in [-0.2, 0) is 14.8 Å². The van der Waals surface area contributed by atoms with E-state index in [1.54, 1.807) is 24.0 Å². The second-order valence-corrected chi connectivity index (χ2v) is 13.0. The fraction of sp³-hybridized carbons (Fsp3) is 0.483. The van der Waals surface area contributed by atoms with Crippen LogP contribution in [-0.4, -0.2) is 112 Å². The molecule has 0 aliphatic carbocycles. The highest BCUT2D eigenvalue weighted by Crippen LogP contribution is 2.39. The third-order valence-corrected chi connectivity index (χ3v) is 10.5. The lowest BCUT2D eigenvalue weighted by Crippen LogP contribution is -2.50. The molecule has 12 nitrogen and oxygen atoms in total. The van der Waals surface area contributed by atoms with Gasteiger partial charge >= 0.3 is 6.09 Å². The van der Waals surface area contributed by atoms with Crippen LogP contribution in [0.25, 0.3) is 10.2 Å². The van der Waals surface area contributed by atoms with E-state index in [9.17, 15) is 18.0 Å². The number of hydrogen-bond donors (Lipinski definition) is 0. The zero-order chi connectivity index (χ0) is 30.6. The summed E-state index contributed by atoms with van der Waals surface area (Å²) in [6.45, 7) is 10.7. The largest absolute Gasteiger partial charge is 0.486 e. The Balaban J connectivity index is 1.36. The smallest absolute Gasteiger partial charge is 0.409 e. The SMILES string of the molecule is CCOC(=O)N1CCN(S(=O)(=O)c2ccc(C(=O)N(CCN(CC)CC)c3nc4cc5c(cc4s3)OCCO5)cc2)CC1. The molecule has 232 valence electrons. The van der Waals surface area contributed by atoms with E-state index in [0.29, 0.717) is 48.5 Å². The van der Waals surface area contributed by atoms with Gasteiger partial charge in [-0.3, -0.25) is 9.69 Å². The zero-order valence-electron chi connectivity index (χ0n) is 24.7. The molecule has 2 amide bonds. The van der Waals surface area contributed by atoms with E-state index in [-0.39, 0.29) is 43.6 Å². The minimum absolute atomic E-state index is 0.0916. The van der Waals surface area contributed by atoms with Gasteiger partial charge in [0.1, 0.15) is 13.2 Å². The minimum Gasteiger partial charge on any atom is -0.486 e. The Kier molecular flexibility index (Phi) is 9.69. The fourth-order valence-corrected chi connectivity index (χ4v) is 7.46. The number of sulfonamides is 1. The van der Waals surface area contributed by atoms with Gasteiger partial charge in [0.15, 0.2) is 16.6 Å². The van der Waals surface area contributed by atoms with Gasteiger partial charge in [0.2, 0.25) is 10.0 Å². The van der Waals surface area contributed by atoms with Crippen molar-refractivity contribution >= 4 is 48.7 Å². The first-order valence-corrected chi connectivity index (χ1v) is 16.8. The molecule has 43 heavy (non-hydrogen) atoms. The number of anilines is 1. The number of amides is 2. The summed E-state index contributed by atoms with van der Waals surface area (Å²) in [5, 5.41) is 0.547. The molecule has 0 saturated carbocycles. The molecule has 5 rings (SSSR count). The van der Waals surface area contributed by atoms with Gasteiger partial charge in [-0.15, -0.1) is 0 Å². The number of ether oxygens (including phenoxy) is 3. The summed E-state index contributed by atoms with van der Waals surface area (Å²) in [5.74, 6) is 1.03. The number of aromatic nitrogens is 1. The standard InChI is InChI=1S/C29H37N5O7S2/c1-4-31(5-2)11-16-34(28-30-23-19-24-25(20-26(23)42-28)41-18-17-40-24)27(35)21-7-9-22(10-8-21)43(37,38)33-14-12-32(13-15-33)29(36)39-6-3/h7-10,19-20H,4-6,11-18H2,1-3H3. The Morgan fingerprint density at radius 1 is 0.953 bits per heavy atom. The molecule has 3 heterocycles. The van der Waals surface area contributed by atoms with Gasteiger partial charge in [-0.1, -0.05) is 25.2 Å². The minimum atomic E-state index is -3.80. The van der Waals surface area contributed by atoms with Crippen molar-refractivity contribution in [2.24, 2.45) is 0 Å². The summed E-state index contributed by atoms with van der Waals surface area (Å²) >= 11 is 1.40. The van der Waals surface area contributed by atoms with Gasteiger partial charge in [-0.25, -0.2) is 18.2 Å². The highest BCUT2D eigenvalue weighted by Gasteiger charge is 2.31. The van der Waals surface area contributed by atoms with Crippen molar-refractivity contribution in [2.75, 3.05) is 77.1 Å². The maximum absolute atomic E-state index is 13.9. The van der Waals surface area contributed by atoms with Gasteiger partial charge in [0.05, 0.1) is 21.7 Å². The van der Waals surface area contributed by atoms with E-state index >= 15 is 0 Å². The average molecular weight is 632 g/mol. The first-order valence-electron chi connectivity index (χ1n) is 14.5. The molecule has 0 spiro atoms. The topological polar surface area (TPSA) is 122 Å². The van der Waals surface area contributed by atoms with E-state index in [2.05, 4.69) is 18.7 Å². The average Bonchev–Trinajstić information content (AvgIpc) is 3.44. The van der Waals surface area contributed by atoms with Crippen molar-refractivity contribution in [1.29, 1.82) is 0 Å². The molecule has 0 atom stereocenters. The van der Waals surface area contributed by atoms with Crippen molar-refractivity contribution in [3.05, 3.63) is 42.0 Å². The Labute approximate surface area is 255 Å². The molecule has 2 aliphatic rings. The Hall–Kier alpha value is -3.46. The number of benzene rings is 2. The summed E-state index contributed by atoms with van der Waals surface area (Å²) in [6, 6.07) is 9.74. The highest BCUT2D eigenvalue weighted by atomic mass is 32.2. The van der Waals surface area contributed by atoms with Crippen molar-refractivity contribution in [2.45, 2.75) is 25.7 Å². The van der Waals surface area contributed by atoms with Gasteiger partial charge in [-0.05, 0) is 44.3 Å². The number of nitrogens with zero attached hydrogens (tertiary/aromatic N) is 5. The summed E-state index contributed by atoms with van der Waals surface area (Å²) in [7, 11) is -3.80. The molecule has 2 aromatic carbocycles. The number of rotatable bonds is 10. The van der Waals surface area contributed by atoms with Gasteiger partial charge < -0.3 is 24.0 Å². The molecule has 1 aromatic heterocycles. The molecule has 1 saturated heterocycles. The number of hydrogen-bond acceptors (Lipinski definition) is 10. The molecule has 0 N–H and O–H groups in total. The molecule has 0 radical (unpaired) electrons. The van der Waals surface area contributed by atoms with Gasteiger partial charge in [-0.2, -0.15) is 4.31 Å². The number of thiazole rings is 1. The molecule has 0 bridgehead atoms. The number of carbonyl (C=O) groups is 2. The molecule has 2 aliphatic heterocycles. The predicted molar refractivity (Wildman–Crippen MR) is 164 cm³/mol. The molecule has 1 fully saturated rings. The van der Waals surface area contributed by atoms with Crippen LogP contribution in [0.15, 0.2) is 41.3 Å². The number of likely N-dealkylation sites (N-methyl/N-ethyl adjacent to an activating group) is 1. The summed E-state index contributed by atoms with van der Waals surface area (Å²) in [4.78, 5) is 36.1. The predicted octanol–water partition coefficient (Wildman–Crippen LogP) is 3.52. The third kappa shape index (κ3) is 6.71. The highest BCUT2D eigenvalue weighted by molar-refractivity contribution is 7.89. The van der Waals surface area contributed by atoms with Crippen molar-refractivity contribution in [3.8, 4) is 11.5 Å². The lowest BCUT2D eigenvalue weighted by molar-refractivity contribution is 0.0933. The van der Waals surface area contributed by atoms with E-state index in [1.165, 1.54) is 32.7 Å². The monoisotopic (exact) mass is 631 g/mol. The Morgan fingerprint density at radius 3 is 2.23 bits per heavy atom. The van der Waals surface area contributed by atoms with Gasteiger partial charge in [0, 0.05) is 57.0 Å². The van der Waals surface area contributed by atoms with Crippen LogP contribution in [0.4, 0.5) is 9.93 Å². The first kappa shape index (κ1) is 31.0. The summed E-state index contributed by atoms with van der Waals surface area (Å²) in [6.07, 6.45) is -0.442. The van der Waals surface area contributed by atoms with E-state index < -0.39 is 16.1 Å². The summed E-state index contributed by atoms with van der Waals surface area (Å²) in [5.41, 5.74) is 1.07. The van der Waals surface area contributed by atoms with Crippen LogP contribution in [0.2, 0.25) is 0 Å². The van der Waals surface area contributed by atoms with Crippen molar-refractivity contribution in [3.63, 3.8) is 0 Å². The van der Waals surface area contributed by atoms with Crippen LogP contribution in [0.1, 0.15) is 31.1 Å². The van der Waals surface area contributed by atoms with E-state index in [1.807, 2.05) is 12.1 Å². The zero-order valence-corrected chi connectivity index (χ0v) is 26.3. The Morgan fingerprint density at radius 2 is 1.60 bits per heavy atom. The molecule has 14 heteroatoms. The second kappa shape index (κ2) is 13.5. The number of piperazine rings is 1. The van der Waals surface area contributed by atoms with Crippen LogP contribution in [0.5, 0.6) is 11.5 Å². The van der Waals surface area contributed by atoms with Crippen LogP contribution >= 0.6 is 11.3 Å². The number of fused-ring (bicyclic) bond motifs is 2. The van der Waals surface area contributed by atoms with Crippen molar-refractivity contribution in [1.82, 2.24) is 19.1 Å². The van der Waals surface area contributed by atoms with Crippen molar-refractivity contribution < 1.29 is 32.2 Å². The summed E-state index contributed by atoms with van der Waals surface area (Å²) < 4.78 is 45.4. The fourth-order valence-electron chi connectivity index (χ4n) is 5.03. The maximum atomic E-state index is 13.9. The molecular weight excluding hydrogens is 594 g/mol. The lowest BCUT2D eigenvalue weighted by Gasteiger charge is -2.33. The quantitative estimate of drug-likeness (QED) is 0.331. The van der Waals surface area contributed by atoms with Crippen LogP contribution < -0.4 is 14.4 Å². The third-order valence-electron chi connectivity index (χ3n) is 7.56. The Bertz CT molecular complexity index is 1510. The molecule has 0 unspecified atom stereocenters. The van der Waals surface area contributed by atoms with E-state index in [4.69, 9.17) is 19.2 Å². The van der Waals surface area contributed by atoms with Crippen LogP contribution in [0.3, 0.4) is 0 Å². The molecular formula is C29H37N5O7S2. The second-order valence-electron chi connectivity index (χ2n) is 10.1. The normalized spacial score (nSPS) is 15.6. The van der Waals surface area contributed by atoms with Gasteiger partial charge in [0.25, 0.3) is 5.91 Å². The number of carbonyl (C=O) groups excluding carboxylic acids is 2. The van der Waals surface area contributed by atoms with E-state index in [0.717, 1.165) is 23.3 Å². The first-order chi connectivity index (χ1) is 20.7. The molecule has 3 aromatic rings. The van der Waals surface area contributed by atoms with Crippen LogP contribution in [0, 0.1) is 0 Å². The lowest BCUT2D eigenvalue weighted by atomic mass is 10.2. The maximum Gasteiger partial charge on any atom is 0.409 e.